The lowest BCUT2D eigenvalue weighted by molar-refractivity contribution is 0.102. The average Bonchev–Trinajstić information content (AvgIpc) is 3.37. The Morgan fingerprint density at radius 1 is 1.03 bits per heavy atom. The third-order valence-electron chi connectivity index (χ3n) is 5.88. The first-order chi connectivity index (χ1) is 16.3. The summed E-state index contributed by atoms with van der Waals surface area (Å²) in [7, 11) is -2.59. The lowest BCUT2D eigenvalue weighted by atomic mass is 10.1. The topological polar surface area (TPSA) is 101 Å². The van der Waals surface area contributed by atoms with Gasteiger partial charge in [-0.3, -0.25) is 14.5 Å². The normalized spacial score (nSPS) is 13.6. The maximum Gasteiger partial charge on any atom is 0.274 e. The van der Waals surface area contributed by atoms with Crippen molar-refractivity contribution in [1.82, 2.24) is 4.98 Å². The molecule has 0 saturated carbocycles. The summed E-state index contributed by atoms with van der Waals surface area (Å²) in [5.74, 6) is -0.247. The quantitative estimate of drug-likeness (QED) is 0.521. The number of ether oxygens (including phenoxy) is 1. The van der Waals surface area contributed by atoms with E-state index in [4.69, 9.17) is 4.74 Å². The predicted octanol–water partition coefficient (Wildman–Crippen LogP) is 4.36. The highest BCUT2D eigenvalue weighted by atomic mass is 32.2. The van der Waals surface area contributed by atoms with Gasteiger partial charge in [0.1, 0.15) is 16.3 Å². The Morgan fingerprint density at radius 2 is 1.74 bits per heavy atom. The molecule has 1 aliphatic rings. The second-order valence-electron chi connectivity index (χ2n) is 8.29. The van der Waals surface area contributed by atoms with Crippen molar-refractivity contribution in [2.24, 2.45) is 0 Å². The molecule has 2 aromatic carbocycles. The molecule has 34 heavy (non-hydrogen) atoms. The van der Waals surface area contributed by atoms with Crippen LogP contribution < -0.4 is 19.7 Å². The number of amides is 1. The van der Waals surface area contributed by atoms with Gasteiger partial charge in [-0.1, -0.05) is 18.2 Å². The molecule has 2 N–H and O–H groups in total. The number of carbonyl (C=O) groups is 1. The van der Waals surface area contributed by atoms with Crippen molar-refractivity contribution >= 4 is 33.0 Å². The van der Waals surface area contributed by atoms with E-state index in [0.717, 1.165) is 42.7 Å². The first-order valence-corrected chi connectivity index (χ1v) is 12.6. The lowest BCUT2D eigenvalue weighted by Crippen LogP contribution is -2.20. The number of benzene rings is 2. The van der Waals surface area contributed by atoms with Crippen molar-refractivity contribution in [2.75, 3.05) is 35.1 Å². The van der Waals surface area contributed by atoms with Crippen LogP contribution in [0.2, 0.25) is 0 Å². The van der Waals surface area contributed by atoms with Crippen molar-refractivity contribution in [3.63, 3.8) is 0 Å². The van der Waals surface area contributed by atoms with E-state index in [1.807, 2.05) is 38.1 Å². The van der Waals surface area contributed by atoms with Crippen molar-refractivity contribution in [3.8, 4) is 5.75 Å². The van der Waals surface area contributed by atoms with Crippen LogP contribution >= 0.6 is 0 Å². The number of aromatic nitrogens is 1. The highest BCUT2D eigenvalue weighted by Crippen LogP contribution is 2.31. The third kappa shape index (κ3) is 4.99. The molecule has 3 aromatic rings. The summed E-state index contributed by atoms with van der Waals surface area (Å²) in [5.41, 5.74) is 3.65. The number of aryl methyl sites for hydroxylation is 2. The molecule has 0 radical (unpaired) electrons. The van der Waals surface area contributed by atoms with Gasteiger partial charge in [0.05, 0.1) is 12.8 Å². The Morgan fingerprint density at radius 3 is 2.41 bits per heavy atom. The molecule has 0 atom stereocenters. The number of para-hydroxylation sites is 1. The Kier molecular flexibility index (Phi) is 6.74. The van der Waals surface area contributed by atoms with Gasteiger partial charge in [0.25, 0.3) is 15.9 Å². The first kappa shape index (κ1) is 23.6. The second kappa shape index (κ2) is 9.72. The van der Waals surface area contributed by atoms with Crippen LogP contribution in [-0.4, -0.2) is 39.5 Å². The highest BCUT2D eigenvalue weighted by Gasteiger charge is 2.23. The molecule has 8 nitrogen and oxygen atoms in total. The maximum absolute atomic E-state index is 13.3. The smallest absolute Gasteiger partial charge is 0.274 e. The van der Waals surface area contributed by atoms with E-state index in [9.17, 15) is 13.2 Å². The van der Waals surface area contributed by atoms with E-state index >= 15 is 0 Å². The minimum Gasteiger partial charge on any atom is -0.495 e. The van der Waals surface area contributed by atoms with Crippen molar-refractivity contribution in [2.45, 2.75) is 31.6 Å². The number of rotatable bonds is 7. The van der Waals surface area contributed by atoms with Crippen molar-refractivity contribution in [1.29, 1.82) is 0 Å². The minimum atomic E-state index is -3.99. The van der Waals surface area contributed by atoms with Crippen LogP contribution in [0.5, 0.6) is 5.75 Å². The molecule has 4 rings (SSSR count). The van der Waals surface area contributed by atoms with E-state index < -0.39 is 15.9 Å². The Hall–Kier alpha value is -3.59. The second-order valence-corrected chi connectivity index (χ2v) is 9.94. The van der Waals surface area contributed by atoms with Crippen LogP contribution in [0, 0.1) is 13.8 Å². The number of methoxy groups -OCH3 is 1. The van der Waals surface area contributed by atoms with Gasteiger partial charge in [-0.15, -0.1) is 0 Å². The van der Waals surface area contributed by atoms with Gasteiger partial charge < -0.3 is 15.0 Å². The standard InChI is InChI=1S/C25H28N4O4S/c1-17-7-6-8-18(2)24(17)28-34(31,32)23-15-19(9-10-22(23)33-3)27-25(30)21-16-20(11-12-26-21)29-13-4-5-14-29/h6-12,15-16,28H,4-5,13-14H2,1-3H3,(H,27,30). The van der Waals surface area contributed by atoms with Crippen LogP contribution in [0.25, 0.3) is 0 Å². The average molecular weight is 481 g/mol. The van der Waals surface area contributed by atoms with Gasteiger partial charge in [-0.25, -0.2) is 8.42 Å². The van der Waals surface area contributed by atoms with E-state index in [2.05, 4.69) is 19.9 Å². The molecular formula is C25H28N4O4S. The number of carbonyl (C=O) groups excluding carboxylic acids is 1. The zero-order valence-electron chi connectivity index (χ0n) is 19.5. The third-order valence-corrected chi connectivity index (χ3v) is 7.25. The summed E-state index contributed by atoms with van der Waals surface area (Å²) in [6.45, 7) is 5.58. The number of nitrogens with one attached hydrogen (secondary N) is 2. The molecule has 178 valence electrons. The highest BCUT2D eigenvalue weighted by molar-refractivity contribution is 7.92. The largest absolute Gasteiger partial charge is 0.495 e. The lowest BCUT2D eigenvalue weighted by Gasteiger charge is -2.18. The molecule has 1 aliphatic heterocycles. The summed E-state index contributed by atoms with van der Waals surface area (Å²) in [6, 6.07) is 13.7. The predicted molar refractivity (Wildman–Crippen MR) is 133 cm³/mol. The fourth-order valence-corrected chi connectivity index (χ4v) is 5.44. The molecule has 0 unspecified atom stereocenters. The Bertz CT molecular complexity index is 1300. The number of pyridine rings is 1. The molecule has 0 bridgehead atoms. The summed E-state index contributed by atoms with van der Waals surface area (Å²) < 4.78 is 34.5. The van der Waals surface area contributed by atoms with Crippen LogP contribution in [0.3, 0.4) is 0 Å². The van der Waals surface area contributed by atoms with Gasteiger partial charge in [0.15, 0.2) is 0 Å². The van der Waals surface area contributed by atoms with Crippen LogP contribution in [0.4, 0.5) is 17.1 Å². The van der Waals surface area contributed by atoms with Crippen LogP contribution in [0.1, 0.15) is 34.5 Å². The molecule has 1 aromatic heterocycles. The number of anilines is 3. The number of hydrogen-bond donors (Lipinski definition) is 2. The first-order valence-electron chi connectivity index (χ1n) is 11.1. The minimum absolute atomic E-state index is 0.0748. The molecule has 2 heterocycles. The monoisotopic (exact) mass is 480 g/mol. The molecule has 1 saturated heterocycles. The molecular weight excluding hydrogens is 452 g/mol. The van der Waals surface area contributed by atoms with E-state index in [-0.39, 0.29) is 16.3 Å². The summed E-state index contributed by atoms with van der Waals surface area (Å²) in [6.07, 6.45) is 3.87. The number of hydrogen-bond acceptors (Lipinski definition) is 6. The SMILES string of the molecule is COc1ccc(NC(=O)c2cc(N3CCCC3)ccn2)cc1S(=O)(=O)Nc1c(C)cccc1C. The van der Waals surface area contributed by atoms with Crippen molar-refractivity contribution < 1.29 is 17.9 Å². The summed E-state index contributed by atoms with van der Waals surface area (Å²) in [4.78, 5) is 19.2. The van der Waals surface area contributed by atoms with Gasteiger partial charge in [0, 0.05) is 30.7 Å². The molecule has 0 spiro atoms. The van der Waals surface area contributed by atoms with Gasteiger partial charge >= 0.3 is 0 Å². The van der Waals surface area contributed by atoms with Crippen molar-refractivity contribution in [3.05, 3.63) is 71.5 Å². The van der Waals surface area contributed by atoms with Gasteiger partial charge in [-0.2, -0.15) is 0 Å². The number of sulfonamides is 1. The molecule has 9 heteroatoms. The Labute approximate surface area is 200 Å². The van der Waals surface area contributed by atoms with Gasteiger partial charge in [0.2, 0.25) is 0 Å². The number of nitrogens with zero attached hydrogens (tertiary/aromatic N) is 2. The van der Waals surface area contributed by atoms with Crippen LogP contribution in [0.15, 0.2) is 59.6 Å². The van der Waals surface area contributed by atoms with Gasteiger partial charge in [-0.05, 0) is 68.1 Å². The zero-order chi connectivity index (χ0) is 24.3. The summed E-state index contributed by atoms with van der Waals surface area (Å²) in [5, 5.41) is 2.76. The van der Waals surface area contributed by atoms with E-state index in [1.165, 1.54) is 19.2 Å². The molecule has 0 aliphatic carbocycles. The Balaban J connectivity index is 1.60. The molecule has 1 amide bonds. The molecule has 1 fully saturated rings. The maximum atomic E-state index is 13.3. The summed E-state index contributed by atoms with van der Waals surface area (Å²) >= 11 is 0. The van der Waals surface area contributed by atoms with E-state index in [0.29, 0.717) is 11.4 Å². The zero-order valence-corrected chi connectivity index (χ0v) is 20.3. The fourth-order valence-electron chi connectivity index (χ4n) is 4.04. The van der Waals surface area contributed by atoms with E-state index in [1.54, 1.807) is 18.3 Å². The fraction of sp³-hybridized carbons (Fsp3) is 0.280. The van der Waals surface area contributed by atoms with Crippen LogP contribution in [-0.2, 0) is 10.0 Å².